The number of benzene rings is 1. The molecule has 7 nitrogen and oxygen atoms in total. The number of hydrogen-bond acceptors (Lipinski definition) is 5. The molecule has 1 fully saturated rings. The molecular formula is C21H20N4O3. The summed E-state index contributed by atoms with van der Waals surface area (Å²) in [7, 11) is 0. The molecule has 1 saturated heterocycles. The Morgan fingerprint density at radius 1 is 1.14 bits per heavy atom. The molecular weight excluding hydrogens is 356 g/mol. The second-order valence-corrected chi connectivity index (χ2v) is 7.06. The first-order chi connectivity index (χ1) is 13.8. The average Bonchev–Trinajstić information content (AvgIpc) is 3.38. The summed E-state index contributed by atoms with van der Waals surface area (Å²) in [5.74, 6) is 2.58. The topological polar surface area (TPSA) is 69.0 Å². The highest BCUT2D eigenvalue weighted by atomic mass is 16.7. The van der Waals surface area contributed by atoms with E-state index in [1.807, 2.05) is 58.0 Å². The lowest BCUT2D eigenvalue weighted by molar-refractivity contribution is -0.127. The van der Waals surface area contributed by atoms with Crippen LogP contribution in [-0.2, 0) is 4.79 Å². The van der Waals surface area contributed by atoms with E-state index in [9.17, 15) is 4.79 Å². The van der Waals surface area contributed by atoms with Crippen LogP contribution in [0.2, 0.25) is 0 Å². The first kappa shape index (κ1) is 16.8. The van der Waals surface area contributed by atoms with Crippen molar-refractivity contribution >= 4 is 17.6 Å². The molecule has 2 aromatic heterocycles. The van der Waals surface area contributed by atoms with Crippen LogP contribution in [0.1, 0.15) is 30.1 Å². The molecule has 2 aliphatic heterocycles. The van der Waals surface area contributed by atoms with Gasteiger partial charge in [0.15, 0.2) is 17.1 Å². The van der Waals surface area contributed by atoms with Gasteiger partial charge in [-0.25, -0.2) is 0 Å². The predicted molar refractivity (Wildman–Crippen MR) is 103 cm³/mol. The van der Waals surface area contributed by atoms with Crippen molar-refractivity contribution in [1.82, 2.24) is 19.5 Å². The summed E-state index contributed by atoms with van der Waals surface area (Å²) in [6, 6.07) is 11.5. The van der Waals surface area contributed by atoms with Gasteiger partial charge in [-0.2, -0.15) is 0 Å². The molecule has 7 heteroatoms. The molecule has 0 bridgehead atoms. The second kappa shape index (κ2) is 6.99. The van der Waals surface area contributed by atoms with Crippen LogP contribution in [-0.4, -0.2) is 45.3 Å². The Morgan fingerprint density at radius 3 is 3.04 bits per heavy atom. The third-order valence-electron chi connectivity index (χ3n) is 5.25. The van der Waals surface area contributed by atoms with Crippen LogP contribution < -0.4 is 9.47 Å². The number of pyridine rings is 1. The van der Waals surface area contributed by atoms with Gasteiger partial charge < -0.3 is 14.4 Å². The maximum absolute atomic E-state index is 12.7. The summed E-state index contributed by atoms with van der Waals surface area (Å²) in [6.07, 6.45) is 7.38. The van der Waals surface area contributed by atoms with E-state index in [1.54, 1.807) is 6.08 Å². The molecule has 5 rings (SSSR count). The molecule has 4 heterocycles. The maximum atomic E-state index is 12.7. The van der Waals surface area contributed by atoms with Crippen LogP contribution in [0.3, 0.4) is 0 Å². The Kier molecular flexibility index (Phi) is 4.20. The lowest BCUT2D eigenvalue weighted by Crippen LogP contribution is -2.38. The lowest BCUT2D eigenvalue weighted by atomic mass is 9.97. The molecule has 0 aliphatic carbocycles. The molecule has 3 aromatic rings. The van der Waals surface area contributed by atoms with Gasteiger partial charge in [0.25, 0.3) is 0 Å². The molecule has 142 valence electrons. The van der Waals surface area contributed by atoms with Gasteiger partial charge in [0.1, 0.15) is 5.82 Å². The molecule has 28 heavy (non-hydrogen) atoms. The fraction of sp³-hybridized carbons (Fsp3) is 0.286. The molecule has 1 unspecified atom stereocenters. The van der Waals surface area contributed by atoms with E-state index in [-0.39, 0.29) is 18.6 Å². The van der Waals surface area contributed by atoms with Gasteiger partial charge in [-0.15, -0.1) is 10.2 Å². The Labute approximate surface area is 162 Å². The van der Waals surface area contributed by atoms with Crippen molar-refractivity contribution < 1.29 is 14.3 Å². The number of amides is 1. The first-order valence-corrected chi connectivity index (χ1v) is 9.44. The van der Waals surface area contributed by atoms with Gasteiger partial charge in [-0.1, -0.05) is 12.1 Å². The van der Waals surface area contributed by atoms with Crippen LogP contribution in [0.15, 0.2) is 48.7 Å². The average molecular weight is 376 g/mol. The molecule has 0 saturated carbocycles. The van der Waals surface area contributed by atoms with Crippen LogP contribution in [0.4, 0.5) is 0 Å². The smallest absolute Gasteiger partial charge is 0.246 e. The van der Waals surface area contributed by atoms with E-state index in [0.29, 0.717) is 12.3 Å². The van der Waals surface area contributed by atoms with Gasteiger partial charge in [0.2, 0.25) is 12.7 Å². The molecule has 2 aliphatic rings. The Balaban J connectivity index is 1.30. The number of rotatable bonds is 3. The highest BCUT2D eigenvalue weighted by Crippen LogP contribution is 2.33. The molecule has 0 radical (unpaired) electrons. The number of ether oxygens (including phenoxy) is 2. The van der Waals surface area contributed by atoms with Gasteiger partial charge in [0.05, 0.1) is 0 Å². The zero-order valence-electron chi connectivity index (χ0n) is 15.3. The summed E-state index contributed by atoms with van der Waals surface area (Å²) >= 11 is 0. The number of aromatic nitrogens is 3. The Morgan fingerprint density at radius 2 is 2.07 bits per heavy atom. The van der Waals surface area contributed by atoms with E-state index >= 15 is 0 Å². The first-order valence-electron chi connectivity index (χ1n) is 9.44. The van der Waals surface area contributed by atoms with Crippen molar-refractivity contribution in [2.24, 2.45) is 0 Å². The SMILES string of the molecule is O=C(/C=C/c1ccc2c(c1)OCO2)N1CCCC(c2nnc3ccccn23)C1. The number of likely N-dealkylation sites (tertiary alicyclic amines) is 1. The van der Waals surface area contributed by atoms with Crippen molar-refractivity contribution in [1.29, 1.82) is 0 Å². The van der Waals surface area contributed by atoms with Gasteiger partial charge in [0, 0.05) is 31.3 Å². The molecule has 0 spiro atoms. The van der Waals surface area contributed by atoms with Gasteiger partial charge in [-0.3, -0.25) is 9.20 Å². The van der Waals surface area contributed by atoms with E-state index < -0.39 is 0 Å². The summed E-state index contributed by atoms with van der Waals surface area (Å²) in [5.41, 5.74) is 1.75. The minimum absolute atomic E-state index is 0.0104. The lowest BCUT2D eigenvalue weighted by Gasteiger charge is -2.31. The monoisotopic (exact) mass is 376 g/mol. The van der Waals surface area contributed by atoms with E-state index in [4.69, 9.17) is 9.47 Å². The normalized spacial score (nSPS) is 18.9. The number of fused-ring (bicyclic) bond motifs is 2. The van der Waals surface area contributed by atoms with Crippen LogP contribution in [0.5, 0.6) is 11.5 Å². The third-order valence-corrected chi connectivity index (χ3v) is 5.25. The Hall–Kier alpha value is -3.35. The van der Waals surface area contributed by atoms with Crippen molar-refractivity contribution in [3.8, 4) is 11.5 Å². The predicted octanol–water partition coefficient (Wildman–Crippen LogP) is 2.88. The zero-order chi connectivity index (χ0) is 18.9. The third kappa shape index (κ3) is 3.09. The molecule has 0 N–H and O–H groups in total. The maximum Gasteiger partial charge on any atom is 0.246 e. The fourth-order valence-electron chi connectivity index (χ4n) is 3.82. The van der Waals surface area contributed by atoms with Gasteiger partial charge in [-0.05, 0) is 48.7 Å². The molecule has 1 aromatic carbocycles. The standard InChI is InChI=1S/C21H20N4O3/c26-20(9-7-15-6-8-17-18(12-15)28-14-27-17)24-10-3-4-16(13-24)21-23-22-19-5-1-2-11-25(19)21/h1-2,5-9,11-12,16H,3-4,10,13-14H2/b9-7+. The number of hydrogen-bond donors (Lipinski definition) is 0. The summed E-state index contributed by atoms with van der Waals surface area (Å²) in [5, 5.41) is 8.61. The quantitative estimate of drug-likeness (QED) is 0.658. The highest BCUT2D eigenvalue weighted by molar-refractivity contribution is 5.92. The minimum Gasteiger partial charge on any atom is -0.454 e. The number of carbonyl (C=O) groups is 1. The number of nitrogens with zero attached hydrogens (tertiary/aromatic N) is 4. The van der Waals surface area contributed by atoms with Crippen molar-refractivity contribution in [3.63, 3.8) is 0 Å². The summed E-state index contributed by atoms with van der Waals surface area (Å²) < 4.78 is 12.7. The summed E-state index contributed by atoms with van der Waals surface area (Å²) in [4.78, 5) is 14.6. The number of carbonyl (C=O) groups excluding carboxylic acids is 1. The van der Waals surface area contributed by atoms with E-state index in [1.165, 1.54) is 0 Å². The van der Waals surface area contributed by atoms with E-state index in [2.05, 4.69) is 10.2 Å². The van der Waals surface area contributed by atoms with Crippen LogP contribution in [0.25, 0.3) is 11.7 Å². The number of piperidine rings is 1. The van der Waals surface area contributed by atoms with Crippen molar-refractivity contribution in [2.45, 2.75) is 18.8 Å². The second-order valence-electron chi connectivity index (χ2n) is 7.06. The summed E-state index contributed by atoms with van der Waals surface area (Å²) in [6.45, 7) is 1.66. The van der Waals surface area contributed by atoms with Crippen molar-refractivity contribution in [3.05, 3.63) is 60.1 Å². The highest BCUT2D eigenvalue weighted by Gasteiger charge is 2.27. The van der Waals surface area contributed by atoms with E-state index in [0.717, 1.165) is 42.2 Å². The Bertz CT molecular complexity index is 1060. The molecule has 1 atom stereocenters. The van der Waals surface area contributed by atoms with Crippen molar-refractivity contribution in [2.75, 3.05) is 19.9 Å². The fourth-order valence-corrected chi connectivity index (χ4v) is 3.82. The van der Waals surface area contributed by atoms with Crippen LogP contribution in [0, 0.1) is 0 Å². The minimum atomic E-state index is 0.0104. The largest absolute Gasteiger partial charge is 0.454 e. The zero-order valence-corrected chi connectivity index (χ0v) is 15.3. The van der Waals surface area contributed by atoms with Gasteiger partial charge >= 0.3 is 0 Å². The molecule has 1 amide bonds. The van der Waals surface area contributed by atoms with Crippen LogP contribution >= 0.6 is 0 Å².